The molecule has 1 aromatic rings. The topological polar surface area (TPSA) is 47.9 Å². The summed E-state index contributed by atoms with van der Waals surface area (Å²) in [4.78, 5) is 15.9. The first-order valence-electron chi connectivity index (χ1n) is 6.04. The van der Waals surface area contributed by atoms with Crippen molar-refractivity contribution in [1.29, 1.82) is 0 Å². The van der Waals surface area contributed by atoms with Crippen LogP contribution in [0.25, 0.3) is 0 Å². The van der Waals surface area contributed by atoms with E-state index in [0.29, 0.717) is 6.61 Å². The van der Waals surface area contributed by atoms with Gasteiger partial charge in [0.2, 0.25) is 0 Å². The Morgan fingerprint density at radius 2 is 2.22 bits per heavy atom. The van der Waals surface area contributed by atoms with E-state index < -0.39 is 6.04 Å². The van der Waals surface area contributed by atoms with Gasteiger partial charge in [0.05, 0.1) is 6.61 Å². The Morgan fingerprint density at radius 3 is 2.94 bits per heavy atom. The number of benzene rings is 1. The molecule has 0 fully saturated rings. The molecule has 1 aliphatic heterocycles. The molecule has 2 atom stereocenters. The molecular weight excluding hydrogens is 230 g/mol. The van der Waals surface area contributed by atoms with Crippen LogP contribution < -0.4 is 0 Å². The number of carbonyl (C=O) groups is 1. The van der Waals surface area contributed by atoms with Gasteiger partial charge >= 0.3 is 5.97 Å². The molecular formula is C14H17NO3. The van der Waals surface area contributed by atoms with Gasteiger partial charge in [0.15, 0.2) is 18.5 Å². The number of rotatable bonds is 3. The van der Waals surface area contributed by atoms with E-state index in [4.69, 9.17) is 9.47 Å². The summed E-state index contributed by atoms with van der Waals surface area (Å²) in [6, 6.07) is 5.49. The smallest absolute Gasteiger partial charge is 0.335 e. The molecule has 0 saturated heterocycles. The van der Waals surface area contributed by atoms with Crippen molar-refractivity contribution in [2.24, 2.45) is 4.99 Å². The van der Waals surface area contributed by atoms with E-state index in [1.807, 2.05) is 32.0 Å². The van der Waals surface area contributed by atoms with Crippen LogP contribution in [-0.4, -0.2) is 25.0 Å². The summed E-state index contributed by atoms with van der Waals surface area (Å²) < 4.78 is 10.5. The van der Waals surface area contributed by atoms with Crippen molar-refractivity contribution >= 4 is 12.4 Å². The zero-order valence-electron chi connectivity index (χ0n) is 10.8. The van der Waals surface area contributed by atoms with Gasteiger partial charge in [-0.1, -0.05) is 23.8 Å². The minimum Gasteiger partial charge on any atom is -0.473 e. The first-order chi connectivity index (χ1) is 8.63. The molecule has 1 heterocycles. The maximum absolute atomic E-state index is 11.8. The molecule has 0 N–H and O–H groups in total. The quantitative estimate of drug-likeness (QED) is 0.770. The molecule has 0 saturated carbocycles. The van der Waals surface area contributed by atoms with Crippen LogP contribution >= 0.6 is 0 Å². The molecule has 0 aromatic heterocycles. The molecule has 18 heavy (non-hydrogen) atoms. The number of esters is 1. The van der Waals surface area contributed by atoms with Crippen LogP contribution in [0, 0.1) is 13.8 Å². The van der Waals surface area contributed by atoms with Crippen molar-refractivity contribution in [2.75, 3.05) is 6.61 Å². The number of hydrogen-bond donors (Lipinski definition) is 0. The Kier molecular flexibility index (Phi) is 3.65. The van der Waals surface area contributed by atoms with Gasteiger partial charge in [-0.15, -0.1) is 0 Å². The van der Waals surface area contributed by atoms with E-state index in [1.54, 1.807) is 6.92 Å². The second kappa shape index (κ2) is 5.21. The number of hydrogen-bond acceptors (Lipinski definition) is 4. The van der Waals surface area contributed by atoms with Crippen LogP contribution in [0.15, 0.2) is 23.2 Å². The van der Waals surface area contributed by atoms with Crippen LogP contribution in [-0.2, 0) is 14.3 Å². The molecule has 1 aromatic carbocycles. The molecule has 1 aliphatic rings. The van der Waals surface area contributed by atoms with E-state index in [-0.39, 0.29) is 12.1 Å². The van der Waals surface area contributed by atoms with E-state index in [0.717, 1.165) is 16.7 Å². The maximum atomic E-state index is 11.8. The zero-order chi connectivity index (χ0) is 13.1. The predicted molar refractivity (Wildman–Crippen MR) is 68.7 cm³/mol. The van der Waals surface area contributed by atoms with Crippen LogP contribution in [0.5, 0.6) is 0 Å². The van der Waals surface area contributed by atoms with Gasteiger partial charge < -0.3 is 9.47 Å². The molecule has 0 spiro atoms. The summed E-state index contributed by atoms with van der Waals surface area (Å²) in [7, 11) is 0. The standard InChI is InChI=1S/C14H17NO3/c1-4-17-14(16)12-13(18-8-15-12)11-7-9(2)5-6-10(11)3/h5-8,12-13H,4H2,1-3H3/t12-,13?/m1/s1. The number of aryl methyl sites for hydroxylation is 2. The highest BCUT2D eigenvalue weighted by Gasteiger charge is 2.35. The Morgan fingerprint density at radius 1 is 1.44 bits per heavy atom. The van der Waals surface area contributed by atoms with E-state index in [9.17, 15) is 4.79 Å². The summed E-state index contributed by atoms with van der Waals surface area (Å²) in [6.45, 7) is 6.14. The van der Waals surface area contributed by atoms with Gasteiger partial charge in [-0.05, 0) is 31.9 Å². The Labute approximate surface area is 107 Å². The largest absolute Gasteiger partial charge is 0.473 e. The number of aliphatic imine (C=N–C) groups is 1. The highest BCUT2D eigenvalue weighted by Crippen LogP contribution is 2.30. The zero-order valence-corrected chi connectivity index (χ0v) is 10.8. The normalized spacial score (nSPS) is 21.7. The molecule has 1 unspecified atom stereocenters. The molecule has 0 radical (unpaired) electrons. The molecule has 4 heteroatoms. The monoisotopic (exact) mass is 247 g/mol. The summed E-state index contributed by atoms with van der Waals surface area (Å²) in [5.74, 6) is -0.336. The first-order valence-corrected chi connectivity index (χ1v) is 6.04. The predicted octanol–water partition coefficient (Wildman–Crippen LogP) is 2.33. The van der Waals surface area contributed by atoms with Gasteiger partial charge in [0.25, 0.3) is 0 Å². The third-order valence-corrected chi connectivity index (χ3v) is 2.99. The van der Waals surface area contributed by atoms with Crippen molar-refractivity contribution < 1.29 is 14.3 Å². The molecule has 2 rings (SSSR count). The highest BCUT2D eigenvalue weighted by molar-refractivity contribution is 5.80. The van der Waals surface area contributed by atoms with Gasteiger partial charge in [-0.3, -0.25) is 0 Å². The van der Waals surface area contributed by atoms with Crippen molar-refractivity contribution in [3.05, 3.63) is 34.9 Å². The Hall–Kier alpha value is -1.84. The molecule has 0 amide bonds. The lowest BCUT2D eigenvalue weighted by atomic mass is 9.96. The fraction of sp³-hybridized carbons (Fsp3) is 0.429. The molecule has 96 valence electrons. The van der Waals surface area contributed by atoms with Gasteiger partial charge in [0, 0.05) is 0 Å². The Bertz CT molecular complexity index is 482. The fourth-order valence-corrected chi connectivity index (χ4v) is 2.04. The molecule has 0 bridgehead atoms. The first kappa shape index (κ1) is 12.6. The SMILES string of the molecule is CCOC(=O)[C@@H]1N=COC1c1cc(C)ccc1C. The lowest BCUT2D eigenvalue weighted by molar-refractivity contribution is -0.146. The minimum atomic E-state index is -0.592. The second-order valence-corrected chi connectivity index (χ2v) is 4.37. The highest BCUT2D eigenvalue weighted by atomic mass is 16.5. The summed E-state index contributed by atoms with van der Waals surface area (Å²) in [5.41, 5.74) is 3.21. The van der Waals surface area contributed by atoms with Crippen molar-refractivity contribution in [1.82, 2.24) is 0 Å². The van der Waals surface area contributed by atoms with Crippen LogP contribution in [0.4, 0.5) is 0 Å². The van der Waals surface area contributed by atoms with Crippen molar-refractivity contribution in [2.45, 2.75) is 32.9 Å². The fourth-order valence-electron chi connectivity index (χ4n) is 2.04. The van der Waals surface area contributed by atoms with Crippen LogP contribution in [0.3, 0.4) is 0 Å². The average molecular weight is 247 g/mol. The lowest BCUT2D eigenvalue weighted by Crippen LogP contribution is -2.26. The number of ether oxygens (including phenoxy) is 2. The minimum absolute atomic E-state index is 0.336. The Balaban J connectivity index is 2.27. The summed E-state index contributed by atoms with van der Waals surface area (Å²) >= 11 is 0. The summed E-state index contributed by atoms with van der Waals surface area (Å²) in [5, 5.41) is 0. The molecule has 4 nitrogen and oxygen atoms in total. The van der Waals surface area contributed by atoms with Gasteiger partial charge in [0.1, 0.15) is 0 Å². The van der Waals surface area contributed by atoms with Crippen LogP contribution in [0.2, 0.25) is 0 Å². The average Bonchev–Trinajstić information content (AvgIpc) is 2.81. The van der Waals surface area contributed by atoms with E-state index in [2.05, 4.69) is 4.99 Å². The number of carbonyl (C=O) groups excluding carboxylic acids is 1. The molecule has 0 aliphatic carbocycles. The lowest BCUT2D eigenvalue weighted by Gasteiger charge is -2.18. The third kappa shape index (κ3) is 2.37. The van der Waals surface area contributed by atoms with Crippen molar-refractivity contribution in [3.63, 3.8) is 0 Å². The maximum Gasteiger partial charge on any atom is 0.335 e. The van der Waals surface area contributed by atoms with Crippen molar-refractivity contribution in [3.8, 4) is 0 Å². The third-order valence-electron chi connectivity index (χ3n) is 2.99. The second-order valence-electron chi connectivity index (χ2n) is 4.37. The summed E-state index contributed by atoms with van der Waals surface area (Å²) in [6.07, 6.45) is 0.970. The van der Waals surface area contributed by atoms with Crippen LogP contribution in [0.1, 0.15) is 29.7 Å². The number of nitrogens with zero attached hydrogens (tertiary/aromatic N) is 1. The van der Waals surface area contributed by atoms with E-state index >= 15 is 0 Å². The van der Waals surface area contributed by atoms with Gasteiger partial charge in [-0.2, -0.15) is 0 Å². The van der Waals surface area contributed by atoms with E-state index in [1.165, 1.54) is 6.40 Å². The van der Waals surface area contributed by atoms with Gasteiger partial charge in [-0.25, -0.2) is 9.79 Å².